The zero-order chi connectivity index (χ0) is 13.9. The summed E-state index contributed by atoms with van der Waals surface area (Å²) in [7, 11) is 0. The van der Waals surface area contributed by atoms with Gasteiger partial charge in [0.15, 0.2) is 0 Å². The van der Waals surface area contributed by atoms with Gasteiger partial charge in [0.05, 0.1) is 0 Å². The normalized spacial score (nSPS) is 24.2. The number of carbonyl (C=O) groups is 1. The average Bonchev–Trinajstić information content (AvgIpc) is 2.34. The Kier molecular flexibility index (Phi) is 3.98. The van der Waals surface area contributed by atoms with E-state index in [0.717, 1.165) is 18.6 Å². The van der Waals surface area contributed by atoms with Crippen molar-refractivity contribution in [1.29, 1.82) is 0 Å². The van der Waals surface area contributed by atoms with Gasteiger partial charge in [-0.1, -0.05) is 20.8 Å². The Morgan fingerprint density at radius 2 is 2.11 bits per heavy atom. The minimum atomic E-state index is -0.175. The van der Waals surface area contributed by atoms with Crippen molar-refractivity contribution in [2.24, 2.45) is 16.4 Å². The average molecular weight is 259 g/mol. The van der Waals surface area contributed by atoms with E-state index in [4.69, 9.17) is 0 Å². The van der Waals surface area contributed by atoms with Gasteiger partial charge in [0.1, 0.15) is 0 Å². The van der Waals surface area contributed by atoms with E-state index in [2.05, 4.69) is 36.3 Å². The number of hydrogen-bond acceptors (Lipinski definition) is 3. The highest BCUT2D eigenvalue weighted by Gasteiger charge is 2.29. The van der Waals surface area contributed by atoms with E-state index in [1.807, 2.05) is 0 Å². The van der Waals surface area contributed by atoms with Crippen molar-refractivity contribution < 1.29 is 4.79 Å². The van der Waals surface area contributed by atoms with Crippen molar-refractivity contribution >= 4 is 11.6 Å². The lowest BCUT2D eigenvalue weighted by atomic mass is 9.72. The van der Waals surface area contributed by atoms with Gasteiger partial charge in [0.2, 0.25) is 0 Å². The number of amides is 1. The van der Waals surface area contributed by atoms with E-state index < -0.39 is 0 Å². The topological polar surface area (TPSA) is 54.4 Å². The fourth-order valence-electron chi connectivity index (χ4n) is 2.90. The van der Waals surface area contributed by atoms with Crippen molar-refractivity contribution in [3.8, 4) is 0 Å². The molecule has 0 bridgehead atoms. The van der Waals surface area contributed by atoms with Crippen molar-refractivity contribution in [1.82, 2.24) is 10.4 Å². The molecule has 0 aliphatic heterocycles. The maximum absolute atomic E-state index is 11.9. The second-order valence-electron chi connectivity index (χ2n) is 6.21. The Labute approximate surface area is 114 Å². The molecule has 4 nitrogen and oxygen atoms in total. The summed E-state index contributed by atoms with van der Waals surface area (Å²) in [6.07, 6.45) is 6.35. The van der Waals surface area contributed by atoms with Crippen LogP contribution >= 0.6 is 0 Å². The first-order valence-corrected chi connectivity index (χ1v) is 6.72. The third-order valence-electron chi connectivity index (χ3n) is 3.43. The summed E-state index contributed by atoms with van der Waals surface area (Å²) in [6.45, 7) is 6.74. The standard InChI is InChI=1S/C15H21N3O/c1-11-8-13(10-15(2,3)9-11)17-18-14(19)12-4-6-16-7-5-12/h4-7,11H,8-10H2,1-3H3,(H,18,19)/b17-13+. The first-order chi connectivity index (χ1) is 8.96. The van der Waals surface area contributed by atoms with Crippen molar-refractivity contribution in [2.75, 3.05) is 0 Å². The second kappa shape index (κ2) is 5.51. The summed E-state index contributed by atoms with van der Waals surface area (Å²) in [5.74, 6) is 0.450. The molecule has 1 aromatic heterocycles. The number of rotatable bonds is 2. The molecule has 1 N–H and O–H groups in total. The Bertz CT molecular complexity index is 479. The molecule has 0 spiro atoms. The molecule has 4 heteroatoms. The first kappa shape index (κ1) is 13.7. The fourth-order valence-corrected chi connectivity index (χ4v) is 2.90. The van der Waals surface area contributed by atoms with Gasteiger partial charge in [-0.2, -0.15) is 5.10 Å². The summed E-state index contributed by atoms with van der Waals surface area (Å²) in [5, 5.41) is 4.30. The SMILES string of the molecule is CC1C/C(=N\NC(=O)c2ccncc2)CC(C)(C)C1. The van der Waals surface area contributed by atoms with Gasteiger partial charge in [-0.3, -0.25) is 9.78 Å². The van der Waals surface area contributed by atoms with Crippen LogP contribution in [0.5, 0.6) is 0 Å². The minimum Gasteiger partial charge on any atom is -0.267 e. The zero-order valence-electron chi connectivity index (χ0n) is 11.8. The molecule has 1 unspecified atom stereocenters. The zero-order valence-corrected chi connectivity index (χ0v) is 11.8. The number of hydrazone groups is 1. The van der Waals surface area contributed by atoms with Crippen LogP contribution in [0.4, 0.5) is 0 Å². The summed E-state index contributed by atoms with van der Waals surface area (Å²) in [6, 6.07) is 3.37. The summed E-state index contributed by atoms with van der Waals surface area (Å²) in [4.78, 5) is 15.8. The van der Waals surface area contributed by atoms with E-state index in [1.165, 1.54) is 6.42 Å². The molecular weight excluding hydrogens is 238 g/mol. The minimum absolute atomic E-state index is 0.175. The monoisotopic (exact) mass is 259 g/mol. The van der Waals surface area contributed by atoms with Gasteiger partial charge >= 0.3 is 0 Å². The van der Waals surface area contributed by atoms with Crippen LogP contribution in [0.2, 0.25) is 0 Å². The van der Waals surface area contributed by atoms with Gasteiger partial charge < -0.3 is 0 Å². The Balaban J connectivity index is 2.01. The molecule has 0 radical (unpaired) electrons. The molecule has 1 aliphatic rings. The molecule has 0 aromatic carbocycles. The molecule has 1 heterocycles. The summed E-state index contributed by atoms with van der Waals surface area (Å²) >= 11 is 0. The summed E-state index contributed by atoms with van der Waals surface area (Å²) < 4.78 is 0. The lowest BCUT2D eigenvalue weighted by Crippen LogP contribution is -2.30. The predicted octanol–water partition coefficient (Wildman–Crippen LogP) is 3.01. The molecule has 19 heavy (non-hydrogen) atoms. The number of carbonyl (C=O) groups excluding carboxylic acids is 1. The molecule has 0 saturated heterocycles. The van der Waals surface area contributed by atoms with Crippen LogP contribution < -0.4 is 5.43 Å². The van der Waals surface area contributed by atoms with E-state index >= 15 is 0 Å². The van der Waals surface area contributed by atoms with Gasteiger partial charge in [0, 0.05) is 23.7 Å². The fraction of sp³-hybridized carbons (Fsp3) is 0.533. The summed E-state index contributed by atoms with van der Waals surface area (Å²) in [5.41, 5.74) is 4.60. The molecule has 1 atom stereocenters. The highest BCUT2D eigenvalue weighted by molar-refractivity contribution is 5.95. The van der Waals surface area contributed by atoms with Gasteiger partial charge in [-0.25, -0.2) is 5.43 Å². The largest absolute Gasteiger partial charge is 0.271 e. The van der Waals surface area contributed by atoms with E-state index in [1.54, 1.807) is 24.5 Å². The van der Waals surface area contributed by atoms with Gasteiger partial charge in [-0.05, 0) is 42.7 Å². The van der Waals surface area contributed by atoms with E-state index in [0.29, 0.717) is 11.5 Å². The van der Waals surface area contributed by atoms with Crippen LogP contribution in [0.1, 0.15) is 50.4 Å². The first-order valence-electron chi connectivity index (χ1n) is 6.72. The van der Waals surface area contributed by atoms with Gasteiger partial charge in [0.25, 0.3) is 5.91 Å². The Hall–Kier alpha value is -1.71. The second-order valence-corrected chi connectivity index (χ2v) is 6.21. The molecule has 2 rings (SSSR count). The molecule has 1 saturated carbocycles. The lowest BCUT2D eigenvalue weighted by Gasteiger charge is -2.34. The van der Waals surface area contributed by atoms with E-state index in [-0.39, 0.29) is 11.3 Å². The Morgan fingerprint density at radius 3 is 2.74 bits per heavy atom. The smallest absolute Gasteiger partial charge is 0.267 e. The maximum Gasteiger partial charge on any atom is 0.271 e. The number of nitrogens with zero attached hydrogens (tertiary/aromatic N) is 2. The predicted molar refractivity (Wildman–Crippen MR) is 75.9 cm³/mol. The number of nitrogens with one attached hydrogen (secondary N) is 1. The third-order valence-corrected chi connectivity index (χ3v) is 3.43. The quantitative estimate of drug-likeness (QED) is 0.830. The van der Waals surface area contributed by atoms with Crippen LogP contribution in [-0.2, 0) is 0 Å². The number of aromatic nitrogens is 1. The highest BCUT2D eigenvalue weighted by atomic mass is 16.2. The van der Waals surface area contributed by atoms with Crippen LogP contribution in [-0.4, -0.2) is 16.6 Å². The van der Waals surface area contributed by atoms with Gasteiger partial charge in [-0.15, -0.1) is 0 Å². The van der Waals surface area contributed by atoms with Crippen molar-refractivity contribution in [3.63, 3.8) is 0 Å². The molecule has 1 aromatic rings. The van der Waals surface area contributed by atoms with Crippen LogP contribution in [0.15, 0.2) is 29.6 Å². The highest BCUT2D eigenvalue weighted by Crippen LogP contribution is 2.36. The maximum atomic E-state index is 11.9. The van der Waals surface area contributed by atoms with Crippen molar-refractivity contribution in [3.05, 3.63) is 30.1 Å². The van der Waals surface area contributed by atoms with Crippen LogP contribution in [0.25, 0.3) is 0 Å². The molecule has 1 fully saturated rings. The lowest BCUT2D eigenvalue weighted by molar-refractivity contribution is 0.0954. The van der Waals surface area contributed by atoms with Crippen LogP contribution in [0.3, 0.4) is 0 Å². The Morgan fingerprint density at radius 1 is 1.42 bits per heavy atom. The molecule has 1 aliphatic carbocycles. The van der Waals surface area contributed by atoms with E-state index in [9.17, 15) is 4.79 Å². The third kappa shape index (κ3) is 3.88. The molecule has 102 valence electrons. The molecular formula is C15H21N3O. The number of pyridine rings is 1. The molecule has 1 amide bonds. The van der Waals surface area contributed by atoms with Crippen LogP contribution in [0, 0.1) is 11.3 Å². The number of hydrogen-bond donors (Lipinski definition) is 1. The van der Waals surface area contributed by atoms with Crippen molar-refractivity contribution in [2.45, 2.75) is 40.0 Å².